The average molecular weight is 221 g/mol. The Morgan fingerprint density at radius 2 is 1.94 bits per heavy atom. The van der Waals surface area contributed by atoms with E-state index in [-0.39, 0.29) is 0 Å². The Balaban J connectivity index is 1.90. The molecule has 4 unspecified atom stereocenters. The average Bonchev–Trinajstić information content (AvgIpc) is 2.35. The van der Waals surface area contributed by atoms with Crippen LogP contribution in [0.25, 0.3) is 0 Å². The number of hydrogen-bond donors (Lipinski definition) is 1. The van der Waals surface area contributed by atoms with Gasteiger partial charge in [-0.15, -0.1) is 6.58 Å². The molecular formula is C15H27N. The molecule has 2 aliphatic carbocycles. The second kappa shape index (κ2) is 5.86. The van der Waals surface area contributed by atoms with E-state index in [1.54, 1.807) is 0 Å². The zero-order chi connectivity index (χ0) is 11.4. The lowest BCUT2D eigenvalue weighted by atomic mass is 9.66. The highest BCUT2D eigenvalue weighted by Crippen LogP contribution is 2.43. The molecule has 1 heteroatoms. The van der Waals surface area contributed by atoms with Crippen molar-refractivity contribution in [2.24, 2.45) is 17.8 Å². The Labute approximate surface area is 101 Å². The molecular weight excluding hydrogens is 194 g/mol. The first-order valence-corrected chi connectivity index (χ1v) is 7.13. The third kappa shape index (κ3) is 2.68. The van der Waals surface area contributed by atoms with Gasteiger partial charge >= 0.3 is 0 Å². The van der Waals surface area contributed by atoms with Crippen LogP contribution in [0.15, 0.2) is 12.7 Å². The van der Waals surface area contributed by atoms with Crippen molar-refractivity contribution in [3.8, 4) is 0 Å². The second-order valence-corrected chi connectivity index (χ2v) is 5.80. The molecule has 0 spiro atoms. The van der Waals surface area contributed by atoms with Gasteiger partial charge in [-0.05, 0) is 50.5 Å². The minimum Gasteiger partial charge on any atom is -0.316 e. The van der Waals surface area contributed by atoms with Crippen LogP contribution in [0.1, 0.15) is 51.4 Å². The Bertz CT molecular complexity index is 223. The van der Waals surface area contributed by atoms with Crippen molar-refractivity contribution in [1.29, 1.82) is 0 Å². The summed E-state index contributed by atoms with van der Waals surface area (Å²) in [7, 11) is 2.11. The molecule has 0 amide bonds. The molecule has 0 aromatic carbocycles. The van der Waals surface area contributed by atoms with Crippen molar-refractivity contribution < 1.29 is 0 Å². The molecule has 0 saturated heterocycles. The molecule has 4 atom stereocenters. The predicted octanol–water partition coefficient (Wildman–Crippen LogP) is 3.76. The molecule has 0 radical (unpaired) electrons. The van der Waals surface area contributed by atoms with Crippen LogP contribution >= 0.6 is 0 Å². The maximum atomic E-state index is 3.88. The van der Waals surface area contributed by atoms with E-state index < -0.39 is 0 Å². The van der Waals surface area contributed by atoms with Crippen LogP contribution in [-0.2, 0) is 0 Å². The highest BCUT2D eigenvalue weighted by Gasteiger charge is 2.34. The summed E-state index contributed by atoms with van der Waals surface area (Å²) >= 11 is 0. The molecule has 0 aromatic rings. The molecule has 1 N–H and O–H groups in total. The lowest BCUT2D eigenvalue weighted by Gasteiger charge is -2.41. The molecule has 0 heterocycles. The fourth-order valence-corrected chi connectivity index (χ4v) is 4.00. The van der Waals surface area contributed by atoms with Gasteiger partial charge in [0, 0.05) is 6.04 Å². The summed E-state index contributed by atoms with van der Waals surface area (Å²) in [6.45, 7) is 3.88. The summed E-state index contributed by atoms with van der Waals surface area (Å²) in [4.78, 5) is 0. The molecule has 2 rings (SSSR count). The van der Waals surface area contributed by atoms with E-state index >= 15 is 0 Å². The first kappa shape index (κ1) is 12.2. The summed E-state index contributed by atoms with van der Waals surface area (Å²) in [5, 5.41) is 3.50. The van der Waals surface area contributed by atoms with Crippen LogP contribution in [0.5, 0.6) is 0 Å². The van der Waals surface area contributed by atoms with Crippen molar-refractivity contribution in [2.45, 2.75) is 57.4 Å². The third-order valence-corrected chi connectivity index (χ3v) is 4.94. The highest BCUT2D eigenvalue weighted by atomic mass is 14.9. The van der Waals surface area contributed by atoms with E-state index in [4.69, 9.17) is 0 Å². The highest BCUT2D eigenvalue weighted by molar-refractivity contribution is 4.90. The second-order valence-electron chi connectivity index (χ2n) is 5.80. The largest absolute Gasteiger partial charge is 0.316 e. The van der Waals surface area contributed by atoms with E-state index in [0.717, 1.165) is 24.2 Å². The first-order chi connectivity index (χ1) is 7.85. The zero-order valence-corrected chi connectivity index (χ0v) is 10.8. The third-order valence-electron chi connectivity index (χ3n) is 4.94. The molecule has 92 valence electrons. The van der Waals surface area contributed by atoms with Crippen molar-refractivity contribution in [3.05, 3.63) is 12.7 Å². The lowest BCUT2D eigenvalue weighted by Crippen LogP contribution is -2.39. The summed E-state index contributed by atoms with van der Waals surface area (Å²) in [5.74, 6) is 3.03. The van der Waals surface area contributed by atoms with Gasteiger partial charge < -0.3 is 5.32 Å². The Morgan fingerprint density at radius 1 is 1.19 bits per heavy atom. The van der Waals surface area contributed by atoms with E-state index in [2.05, 4.69) is 25.0 Å². The zero-order valence-electron chi connectivity index (χ0n) is 10.8. The van der Waals surface area contributed by atoms with Gasteiger partial charge in [-0.1, -0.05) is 31.8 Å². The fraction of sp³-hybridized carbons (Fsp3) is 0.867. The topological polar surface area (TPSA) is 12.0 Å². The van der Waals surface area contributed by atoms with E-state index in [9.17, 15) is 0 Å². The van der Waals surface area contributed by atoms with Gasteiger partial charge in [0.1, 0.15) is 0 Å². The Morgan fingerprint density at radius 3 is 2.62 bits per heavy atom. The normalized spacial score (nSPS) is 36.4. The minimum absolute atomic E-state index is 0.681. The maximum Gasteiger partial charge on any atom is 0.0127 e. The number of rotatable bonds is 4. The predicted molar refractivity (Wildman–Crippen MR) is 70.5 cm³/mol. The molecule has 0 aromatic heterocycles. The number of fused-ring (bicyclic) bond motifs is 1. The number of nitrogens with one attached hydrogen (secondary N) is 1. The quantitative estimate of drug-likeness (QED) is 0.713. The summed E-state index contributed by atoms with van der Waals surface area (Å²) in [6, 6.07) is 0.681. The molecule has 2 aliphatic rings. The van der Waals surface area contributed by atoms with Gasteiger partial charge in [-0.25, -0.2) is 0 Å². The van der Waals surface area contributed by atoms with Gasteiger partial charge in [0.2, 0.25) is 0 Å². The fourth-order valence-electron chi connectivity index (χ4n) is 4.00. The molecule has 2 fully saturated rings. The summed E-state index contributed by atoms with van der Waals surface area (Å²) in [6.07, 6.45) is 13.6. The van der Waals surface area contributed by atoms with Gasteiger partial charge in [-0.3, -0.25) is 0 Å². The van der Waals surface area contributed by atoms with Crippen LogP contribution in [0.3, 0.4) is 0 Å². The van der Waals surface area contributed by atoms with E-state index in [0.29, 0.717) is 6.04 Å². The lowest BCUT2D eigenvalue weighted by molar-refractivity contribution is 0.111. The van der Waals surface area contributed by atoms with E-state index in [1.165, 1.54) is 44.9 Å². The summed E-state index contributed by atoms with van der Waals surface area (Å²) < 4.78 is 0. The smallest absolute Gasteiger partial charge is 0.0127 e. The SMILES string of the molecule is C=CCC(NC)C1CCC2CCCCC2C1. The Hall–Kier alpha value is -0.300. The van der Waals surface area contributed by atoms with Gasteiger partial charge in [-0.2, -0.15) is 0 Å². The number of hydrogen-bond acceptors (Lipinski definition) is 1. The van der Waals surface area contributed by atoms with E-state index in [1.807, 2.05) is 0 Å². The standard InChI is InChI=1S/C15H27N/c1-3-6-15(16-2)14-10-9-12-7-4-5-8-13(12)11-14/h3,12-16H,1,4-11H2,2H3. The maximum absolute atomic E-state index is 3.88. The Kier molecular flexibility index (Phi) is 4.45. The van der Waals surface area contributed by atoms with Crippen molar-refractivity contribution in [2.75, 3.05) is 7.05 Å². The molecule has 16 heavy (non-hydrogen) atoms. The monoisotopic (exact) mass is 221 g/mol. The van der Waals surface area contributed by atoms with Crippen molar-refractivity contribution in [1.82, 2.24) is 5.32 Å². The van der Waals surface area contributed by atoms with Crippen LogP contribution in [0.2, 0.25) is 0 Å². The molecule has 0 bridgehead atoms. The molecule has 2 saturated carbocycles. The van der Waals surface area contributed by atoms with Crippen LogP contribution in [0, 0.1) is 17.8 Å². The molecule has 1 nitrogen and oxygen atoms in total. The summed E-state index contributed by atoms with van der Waals surface area (Å²) in [5.41, 5.74) is 0. The van der Waals surface area contributed by atoms with Crippen molar-refractivity contribution >= 4 is 0 Å². The first-order valence-electron chi connectivity index (χ1n) is 7.13. The van der Waals surface area contributed by atoms with Gasteiger partial charge in [0.25, 0.3) is 0 Å². The van der Waals surface area contributed by atoms with Gasteiger partial charge in [0.15, 0.2) is 0 Å². The van der Waals surface area contributed by atoms with Gasteiger partial charge in [0.05, 0.1) is 0 Å². The van der Waals surface area contributed by atoms with Crippen LogP contribution < -0.4 is 5.32 Å². The minimum atomic E-state index is 0.681. The van der Waals surface area contributed by atoms with Crippen molar-refractivity contribution in [3.63, 3.8) is 0 Å². The molecule has 0 aliphatic heterocycles. The van der Waals surface area contributed by atoms with Crippen LogP contribution in [-0.4, -0.2) is 13.1 Å². The van der Waals surface area contributed by atoms with Crippen LogP contribution in [0.4, 0.5) is 0 Å².